The van der Waals surface area contributed by atoms with Crippen molar-refractivity contribution in [3.63, 3.8) is 0 Å². The minimum absolute atomic E-state index is 0.0895. The zero-order valence-corrected chi connectivity index (χ0v) is 12.6. The van der Waals surface area contributed by atoms with Gasteiger partial charge < -0.3 is 14.8 Å². The molecule has 1 amide bonds. The molecule has 0 aliphatic heterocycles. The number of benzene rings is 1. The molecule has 6 nitrogen and oxygen atoms in total. The van der Waals surface area contributed by atoms with Gasteiger partial charge in [-0.3, -0.25) is 9.59 Å². The van der Waals surface area contributed by atoms with Crippen molar-refractivity contribution >= 4 is 17.8 Å². The SMILES string of the molecule is COC(=O)C[C@H](C)[C@H](NC(=O)c1ccccc1F)C(=O)OC. The predicted octanol–water partition coefficient (Wildman–Crippen LogP) is 1.30. The van der Waals surface area contributed by atoms with E-state index in [-0.39, 0.29) is 12.0 Å². The van der Waals surface area contributed by atoms with Crippen LogP contribution in [0.4, 0.5) is 4.39 Å². The Morgan fingerprint density at radius 1 is 1.18 bits per heavy atom. The lowest BCUT2D eigenvalue weighted by atomic mass is 9.97. The maximum atomic E-state index is 13.6. The molecule has 1 aromatic carbocycles. The second-order valence-electron chi connectivity index (χ2n) is 4.71. The van der Waals surface area contributed by atoms with E-state index in [0.29, 0.717) is 0 Å². The summed E-state index contributed by atoms with van der Waals surface area (Å²) in [6.45, 7) is 1.58. The van der Waals surface area contributed by atoms with Gasteiger partial charge in [0.05, 0.1) is 26.2 Å². The van der Waals surface area contributed by atoms with Crippen molar-refractivity contribution in [2.24, 2.45) is 5.92 Å². The molecule has 0 aromatic heterocycles. The van der Waals surface area contributed by atoms with Gasteiger partial charge in [-0.15, -0.1) is 0 Å². The van der Waals surface area contributed by atoms with E-state index in [4.69, 9.17) is 0 Å². The Labute approximate surface area is 127 Å². The molecule has 0 saturated carbocycles. The van der Waals surface area contributed by atoms with E-state index in [1.807, 2.05) is 0 Å². The first-order valence-corrected chi connectivity index (χ1v) is 6.60. The van der Waals surface area contributed by atoms with Crippen LogP contribution < -0.4 is 5.32 Å². The topological polar surface area (TPSA) is 81.7 Å². The molecule has 0 spiro atoms. The molecule has 120 valence electrons. The molecule has 0 saturated heterocycles. The summed E-state index contributed by atoms with van der Waals surface area (Å²) < 4.78 is 22.7. The molecule has 1 N–H and O–H groups in total. The van der Waals surface area contributed by atoms with E-state index in [2.05, 4.69) is 14.8 Å². The fraction of sp³-hybridized carbons (Fsp3) is 0.400. The van der Waals surface area contributed by atoms with Gasteiger partial charge in [-0.05, 0) is 18.1 Å². The first kappa shape index (κ1) is 17.6. The number of hydrogen-bond donors (Lipinski definition) is 1. The van der Waals surface area contributed by atoms with Gasteiger partial charge in [0.1, 0.15) is 11.9 Å². The zero-order chi connectivity index (χ0) is 16.7. The molecule has 0 fully saturated rings. The van der Waals surface area contributed by atoms with Gasteiger partial charge in [-0.2, -0.15) is 0 Å². The fourth-order valence-electron chi connectivity index (χ4n) is 1.89. The minimum Gasteiger partial charge on any atom is -0.469 e. The molecule has 7 heteroatoms. The van der Waals surface area contributed by atoms with E-state index < -0.39 is 35.6 Å². The van der Waals surface area contributed by atoms with E-state index in [1.54, 1.807) is 6.92 Å². The molecule has 0 aliphatic carbocycles. The predicted molar refractivity (Wildman–Crippen MR) is 75.5 cm³/mol. The van der Waals surface area contributed by atoms with Crippen LogP contribution in [-0.4, -0.2) is 38.1 Å². The number of carbonyl (C=O) groups excluding carboxylic acids is 3. The second-order valence-corrected chi connectivity index (χ2v) is 4.71. The number of esters is 2. The maximum absolute atomic E-state index is 13.6. The number of methoxy groups -OCH3 is 2. The van der Waals surface area contributed by atoms with Crippen molar-refractivity contribution < 1.29 is 28.2 Å². The van der Waals surface area contributed by atoms with Gasteiger partial charge in [0, 0.05) is 0 Å². The Hall–Kier alpha value is -2.44. The highest BCUT2D eigenvalue weighted by molar-refractivity contribution is 5.97. The molecule has 0 unspecified atom stereocenters. The molecule has 0 radical (unpaired) electrons. The Bertz CT molecular complexity index is 561. The zero-order valence-electron chi connectivity index (χ0n) is 12.6. The van der Waals surface area contributed by atoms with Crippen molar-refractivity contribution in [1.82, 2.24) is 5.32 Å². The average Bonchev–Trinajstić information content (AvgIpc) is 2.51. The fourth-order valence-corrected chi connectivity index (χ4v) is 1.89. The monoisotopic (exact) mass is 311 g/mol. The van der Waals surface area contributed by atoms with Crippen LogP contribution in [0.1, 0.15) is 23.7 Å². The quantitative estimate of drug-likeness (QED) is 0.801. The van der Waals surface area contributed by atoms with Crippen LogP contribution in [0.15, 0.2) is 24.3 Å². The third kappa shape index (κ3) is 4.54. The number of amides is 1. The molecule has 0 bridgehead atoms. The summed E-state index contributed by atoms with van der Waals surface area (Å²) in [6.07, 6.45) is -0.0895. The largest absolute Gasteiger partial charge is 0.469 e. The first-order chi connectivity index (χ1) is 10.4. The lowest BCUT2D eigenvalue weighted by Gasteiger charge is -2.22. The highest BCUT2D eigenvalue weighted by Gasteiger charge is 2.30. The molecule has 0 aliphatic rings. The Balaban J connectivity index is 2.90. The van der Waals surface area contributed by atoms with Crippen molar-refractivity contribution in [3.05, 3.63) is 35.6 Å². The standard InChI is InChI=1S/C15H18FNO5/c1-9(8-12(18)21-2)13(15(20)22-3)17-14(19)10-6-4-5-7-11(10)16/h4-7,9,13H,8H2,1-3H3,(H,17,19)/t9-,13-/m0/s1. The smallest absolute Gasteiger partial charge is 0.328 e. The van der Waals surface area contributed by atoms with E-state index in [1.165, 1.54) is 25.3 Å². The summed E-state index contributed by atoms with van der Waals surface area (Å²) in [4.78, 5) is 35.2. The number of halogens is 1. The van der Waals surface area contributed by atoms with Crippen LogP contribution in [0.3, 0.4) is 0 Å². The molecule has 0 heterocycles. The van der Waals surface area contributed by atoms with Crippen LogP contribution in [0.25, 0.3) is 0 Å². The van der Waals surface area contributed by atoms with E-state index in [9.17, 15) is 18.8 Å². The summed E-state index contributed by atoms with van der Waals surface area (Å²) >= 11 is 0. The minimum atomic E-state index is -1.09. The molecule has 2 atom stereocenters. The average molecular weight is 311 g/mol. The Kier molecular flexibility index (Phi) is 6.49. The van der Waals surface area contributed by atoms with Crippen LogP contribution in [0, 0.1) is 11.7 Å². The molecule has 22 heavy (non-hydrogen) atoms. The summed E-state index contributed by atoms with van der Waals surface area (Å²) in [5.74, 6) is -3.28. The summed E-state index contributed by atoms with van der Waals surface area (Å²) in [7, 11) is 2.38. The van der Waals surface area contributed by atoms with Crippen LogP contribution in [0.2, 0.25) is 0 Å². The van der Waals surface area contributed by atoms with Crippen molar-refractivity contribution in [3.8, 4) is 0 Å². The molecular formula is C15H18FNO5. The van der Waals surface area contributed by atoms with Gasteiger partial charge in [-0.25, -0.2) is 9.18 Å². The summed E-state index contributed by atoms with van der Waals surface area (Å²) in [5, 5.41) is 2.39. The van der Waals surface area contributed by atoms with Crippen LogP contribution >= 0.6 is 0 Å². The van der Waals surface area contributed by atoms with Gasteiger partial charge in [0.2, 0.25) is 0 Å². The number of nitrogens with one attached hydrogen (secondary N) is 1. The van der Waals surface area contributed by atoms with Crippen molar-refractivity contribution in [1.29, 1.82) is 0 Å². The third-order valence-corrected chi connectivity index (χ3v) is 3.15. The van der Waals surface area contributed by atoms with Gasteiger partial charge in [0.15, 0.2) is 0 Å². The lowest BCUT2D eigenvalue weighted by molar-refractivity contribution is -0.146. The van der Waals surface area contributed by atoms with Gasteiger partial charge in [0.25, 0.3) is 5.91 Å². The van der Waals surface area contributed by atoms with Crippen molar-refractivity contribution in [2.75, 3.05) is 14.2 Å². The normalized spacial score (nSPS) is 12.9. The van der Waals surface area contributed by atoms with Crippen molar-refractivity contribution in [2.45, 2.75) is 19.4 Å². The summed E-state index contributed by atoms with van der Waals surface area (Å²) in [6, 6.07) is 4.30. The highest BCUT2D eigenvalue weighted by Crippen LogP contribution is 2.13. The number of ether oxygens (including phenoxy) is 2. The Morgan fingerprint density at radius 3 is 2.36 bits per heavy atom. The molecule has 1 aromatic rings. The highest BCUT2D eigenvalue weighted by atomic mass is 19.1. The second kappa shape index (κ2) is 8.11. The van der Waals surface area contributed by atoms with Gasteiger partial charge in [-0.1, -0.05) is 19.1 Å². The van der Waals surface area contributed by atoms with E-state index in [0.717, 1.165) is 13.2 Å². The molecular weight excluding hydrogens is 293 g/mol. The van der Waals surface area contributed by atoms with Crippen LogP contribution in [-0.2, 0) is 19.1 Å². The van der Waals surface area contributed by atoms with Crippen LogP contribution in [0.5, 0.6) is 0 Å². The number of carbonyl (C=O) groups is 3. The Morgan fingerprint density at radius 2 is 1.82 bits per heavy atom. The maximum Gasteiger partial charge on any atom is 0.328 e. The first-order valence-electron chi connectivity index (χ1n) is 6.60. The van der Waals surface area contributed by atoms with E-state index >= 15 is 0 Å². The third-order valence-electron chi connectivity index (χ3n) is 3.15. The lowest BCUT2D eigenvalue weighted by Crippen LogP contribution is -2.46. The summed E-state index contributed by atoms with van der Waals surface area (Å²) in [5.41, 5.74) is -0.193. The number of rotatable bonds is 6. The van der Waals surface area contributed by atoms with Gasteiger partial charge >= 0.3 is 11.9 Å². The number of hydrogen-bond acceptors (Lipinski definition) is 5. The molecule has 1 rings (SSSR count).